The Labute approximate surface area is 143 Å². The smallest absolute Gasteiger partial charge is 0.273 e. The van der Waals surface area contributed by atoms with Crippen LogP contribution in [0.4, 0.5) is 0 Å². The Bertz CT molecular complexity index is 937. The molecule has 24 heavy (non-hydrogen) atoms. The highest BCUT2D eigenvalue weighted by atomic mass is 35.5. The molecule has 0 unspecified atom stereocenters. The number of amides is 1. The highest BCUT2D eigenvalue weighted by Crippen LogP contribution is 2.27. The first-order chi connectivity index (χ1) is 11.6. The maximum atomic E-state index is 13.1. The predicted molar refractivity (Wildman–Crippen MR) is 89.4 cm³/mol. The number of ether oxygens (including phenoxy) is 1. The van der Waals surface area contributed by atoms with Crippen molar-refractivity contribution in [3.8, 4) is 5.75 Å². The van der Waals surface area contributed by atoms with Gasteiger partial charge in [0.1, 0.15) is 18.1 Å². The quantitative estimate of drug-likeness (QED) is 0.682. The predicted octanol–water partition coefficient (Wildman–Crippen LogP) is 2.73. The summed E-state index contributed by atoms with van der Waals surface area (Å²) >= 11 is 6.08. The molecule has 0 saturated heterocycles. The molecule has 4 rings (SSSR count). The molecule has 0 N–H and O–H groups in total. The number of aromatic nitrogens is 3. The van der Waals surface area contributed by atoms with Gasteiger partial charge >= 0.3 is 0 Å². The van der Waals surface area contributed by atoms with Gasteiger partial charge in [0.25, 0.3) is 5.91 Å². The molecule has 1 aliphatic heterocycles. The van der Waals surface area contributed by atoms with Crippen molar-refractivity contribution in [3.05, 3.63) is 58.6 Å². The minimum Gasteiger partial charge on any atom is -0.491 e. The van der Waals surface area contributed by atoms with Crippen molar-refractivity contribution in [1.82, 2.24) is 19.3 Å². The minimum atomic E-state index is -0.0931. The zero-order valence-electron chi connectivity index (χ0n) is 13.1. The molecule has 1 aromatic carbocycles. The Morgan fingerprint density at radius 3 is 3.12 bits per heavy atom. The molecule has 6 nitrogen and oxygen atoms in total. The van der Waals surface area contributed by atoms with Crippen LogP contribution in [0.5, 0.6) is 5.75 Å². The first kappa shape index (κ1) is 15.0. The molecule has 0 aliphatic carbocycles. The summed E-state index contributed by atoms with van der Waals surface area (Å²) in [6, 6.07) is 7.25. The van der Waals surface area contributed by atoms with Crippen LogP contribution in [0, 0.1) is 6.92 Å². The van der Waals surface area contributed by atoms with Crippen LogP contribution in [0.3, 0.4) is 0 Å². The molecule has 0 bridgehead atoms. The molecule has 0 fully saturated rings. The monoisotopic (exact) mass is 342 g/mol. The SMILES string of the molecule is Cc1nc2ncccn2c1C(=O)N1CCOc2ccc(Cl)cc2C1. The Morgan fingerprint density at radius 1 is 1.38 bits per heavy atom. The van der Waals surface area contributed by atoms with E-state index in [1.807, 2.05) is 19.1 Å². The fourth-order valence-corrected chi connectivity index (χ4v) is 3.14. The van der Waals surface area contributed by atoms with Crippen LogP contribution in [0.1, 0.15) is 21.7 Å². The van der Waals surface area contributed by atoms with E-state index in [1.54, 1.807) is 33.8 Å². The third-order valence-electron chi connectivity index (χ3n) is 4.07. The molecule has 3 heterocycles. The number of aryl methyl sites for hydroxylation is 1. The highest BCUT2D eigenvalue weighted by Gasteiger charge is 2.25. The summed E-state index contributed by atoms with van der Waals surface area (Å²) in [6.07, 6.45) is 3.46. The Balaban J connectivity index is 1.72. The van der Waals surface area contributed by atoms with Gasteiger partial charge in [-0.05, 0) is 31.2 Å². The second kappa shape index (κ2) is 5.79. The molecule has 3 aromatic rings. The van der Waals surface area contributed by atoms with E-state index in [9.17, 15) is 4.79 Å². The fraction of sp³-hybridized carbons (Fsp3) is 0.235. The summed E-state index contributed by atoms with van der Waals surface area (Å²) in [5.74, 6) is 1.20. The molecule has 0 saturated carbocycles. The van der Waals surface area contributed by atoms with Gasteiger partial charge in [-0.2, -0.15) is 0 Å². The number of nitrogens with zero attached hydrogens (tertiary/aromatic N) is 4. The summed E-state index contributed by atoms with van der Waals surface area (Å²) in [4.78, 5) is 23.4. The Morgan fingerprint density at radius 2 is 2.25 bits per heavy atom. The van der Waals surface area contributed by atoms with E-state index in [-0.39, 0.29) is 5.91 Å². The highest BCUT2D eigenvalue weighted by molar-refractivity contribution is 6.30. The van der Waals surface area contributed by atoms with Crippen LogP contribution in [0.2, 0.25) is 5.02 Å². The third-order valence-corrected chi connectivity index (χ3v) is 4.31. The first-order valence-electron chi connectivity index (χ1n) is 7.63. The number of benzene rings is 1. The zero-order valence-corrected chi connectivity index (χ0v) is 13.8. The van der Waals surface area contributed by atoms with Crippen LogP contribution in [-0.2, 0) is 6.54 Å². The lowest BCUT2D eigenvalue weighted by molar-refractivity contribution is 0.0725. The Kier molecular flexibility index (Phi) is 3.61. The van der Waals surface area contributed by atoms with Crippen LogP contribution in [0.25, 0.3) is 5.78 Å². The van der Waals surface area contributed by atoms with Crippen molar-refractivity contribution < 1.29 is 9.53 Å². The van der Waals surface area contributed by atoms with Crippen molar-refractivity contribution in [3.63, 3.8) is 0 Å². The molecular formula is C17H15ClN4O2. The molecule has 122 valence electrons. The van der Waals surface area contributed by atoms with Gasteiger partial charge in [0, 0.05) is 29.5 Å². The standard InChI is InChI=1S/C17H15ClN4O2/c1-11-15(22-6-2-5-19-17(22)20-11)16(23)21-7-8-24-14-4-3-13(18)9-12(14)10-21/h2-6,9H,7-8,10H2,1H3. The van der Waals surface area contributed by atoms with Crippen molar-refractivity contribution in [2.24, 2.45) is 0 Å². The van der Waals surface area contributed by atoms with E-state index < -0.39 is 0 Å². The second-order valence-electron chi connectivity index (χ2n) is 5.66. The maximum absolute atomic E-state index is 13.1. The van der Waals surface area contributed by atoms with E-state index in [0.29, 0.717) is 41.9 Å². The lowest BCUT2D eigenvalue weighted by atomic mass is 10.2. The number of fused-ring (bicyclic) bond motifs is 2. The van der Waals surface area contributed by atoms with Crippen LogP contribution >= 0.6 is 11.6 Å². The zero-order chi connectivity index (χ0) is 16.7. The van der Waals surface area contributed by atoms with E-state index in [4.69, 9.17) is 16.3 Å². The average Bonchev–Trinajstić information content (AvgIpc) is 2.76. The van der Waals surface area contributed by atoms with Gasteiger partial charge in [0.15, 0.2) is 0 Å². The van der Waals surface area contributed by atoms with Crippen molar-refractivity contribution >= 4 is 23.3 Å². The van der Waals surface area contributed by atoms with Crippen LogP contribution in [-0.4, -0.2) is 38.3 Å². The second-order valence-corrected chi connectivity index (χ2v) is 6.10. The van der Waals surface area contributed by atoms with Crippen LogP contribution < -0.4 is 4.74 Å². The van der Waals surface area contributed by atoms with Gasteiger partial charge in [-0.3, -0.25) is 9.20 Å². The molecular weight excluding hydrogens is 328 g/mol. The molecule has 1 aliphatic rings. The van der Waals surface area contributed by atoms with Gasteiger partial charge in [-0.1, -0.05) is 11.6 Å². The number of rotatable bonds is 1. The van der Waals surface area contributed by atoms with E-state index in [0.717, 1.165) is 11.3 Å². The summed E-state index contributed by atoms with van der Waals surface area (Å²) < 4.78 is 7.46. The lowest BCUT2D eigenvalue weighted by Gasteiger charge is -2.20. The number of hydrogen-bond acceptors (Lipinski definition) is 4. The topological polar surface area (TPSA) is 59.7 Å². The van der Waals surface area contributed by atoms with E-state index in [1.165, 1.54) is 0 Å². The number of imidazole rings is 1. The number of carbonyl (C=O) groups excluding carboxylic acids is 1. The maximum Gasteiger partial charge on any atom is 0.273 e. The minimum absolute atomic E-state index is 0.0931. The van der Waals surface area contributed by atoms with Gasteiger partial charge in [-0.25, -0.2) is 9.97 Å². The molecule has 1 amide bonds. The van der Waals surface area contributed by atoms with Crippen molar-refractivity contribution in [1.29, 1.82) is 0 Å². The van der Waals surface area contributed by atoms with Gasteiger partial charge in [0.05, 0.1) is 12.2 Å². The fourth-order valence-electron chi connectivity index (χ4n) is 2.94. The molecule has 7 heteroatoms. The van der Waals surface area contributed by atoms with Gasteiger partial charge in [-0.15, -0.1) is 0 Å². The number of halogens is 1. The summed E-state index contributed by atoms with van der Waals surface area (Å²) in [5, 5.41) is 0.627. The third kappa shape index (κ3) is 2.49. The Hall–Kier alpha value is -2.60. The summed E-state index contributed by atoms with van der Waals surface area (Å²) in [5.41, 5.74) is 2.09. The van der Waals surface area contributed by atoms with Crippen LogP contribution in [0.15, 0.2) is 36.7 Å². The first-order valence-corrected chi connectivity index (χ1v) is 8.01. The number of carbonyl (C=O) groups is 1. The van der Waals surface area contributed by atoms with Crippen molar-refractivity contribution in [2.45, 2.75) is 13.5 Å². The number of hydrogen-bond donors (Lipinski definition) is 0. The summed E-state index contributed by atoms with van der Waals surface area (Å²) in [6.45, 7) is 3.20. The average molecular weight is 343 g/mol. The van der Waals surface area contributed by atoms with E-state index in [2.05, 4.69) is 9.97 Å². The van der Waals surface area contributed by atoms with Crippen molar-refractivity contribution in [2.75, 3.05) is 13.2 Å². The molecule has 0 radical (unpaired) electrons. The molecule has 2 aromatic heterocycles. The molecule has 0 atom stereocenters. The lowest BCUT2D eigenvalue weighted by Crippen LogP contribution is -2.33. The van der Waals surface area contributed by atoms with Gasteiger partial charge in [0.2, 0.25) is 5.78 Å². The largest absolute Gasteiger partial charge is 0.491 e. The van der Waals surface area contributed by atoms with E-state index >= 15 is 0 Å². The normalized spacial score (nSPS) is 14.2. The molecule has 0 spiro atoms. The summed E-state index contributed by atoms with van der Waals surface area (Å²) in [7, 11) is 0. The van der Waals surface area contributed by atoms with Gasteiger partial charge < -0.3 is 9.64 Å².